The average Bonchev–Trinajstić information content (AvgIpc) is 2.73. The molecular weight excluding hydrogens is 348 g/mol. The third-order valence-corrected chi connectivity index (χ3v) is 5.72. The number of hydrogen-bond acceptors (Lipinski definition) is 3. The van der Waals surface area contributed by atoms with Gasteiger partial charge in [0.25, 0.3) is 0 Å². The highest BCUT2D eigenvalue weighted by Gasteiger charge is 2.24. The molecule has 0 radical (unpaired) electrons. The van der Waals surface area contributed by atoms with Crippen LogP contribution in [-0.4, -0.2) is 0 Å². The van der Waals surface area contributed by atoms with E-state index >= 15 is 0 Å². The van der Waals surface area contributed by atoms with Crippen LogP contribution in [0.25, 0.3) is 0 Å². The Balaban J connectivity index is 1.59. The predicted molar refractivity (Wildman–Crippen MR) is 115 cm³/mol. The minimum atomic E-state index is 1.10. The third kappa shape index (κ3) is 3.07. The van der Waals surface area contributed by atoms with Crippen LogP contribution in [0.4, 0.5) is 28.4 Å². The SMILES string of the molecule is c1ccc(Nc2ccc3c(c2)Sc2ccccc2N3c2ccccc2)cc1. The summed E-state index contributed by atoms with van der Waals surface area (Å²) < 4.78 is 0. The zero-order valence-electron chi connectivity index (χ0n) is 14.7. The normalized spacial score (nSPS) is 12.2. The first-order valence-electron chi connectivity index (χ1n) is 8.97. The van der Waals surface area contributed by atoms with Crippen molar-refractivity contribution in [3.05, 3.63) is 103 Å². The molecule has 0 aromatic heterocycles. The van der Waals surface area contributed by atoms with Crippen molar-refractivity contribution in [2.75, 3.05) is 10.2 Å². The lowest BCUT2D eigenvalue weighted by molar-refractivity contribution is 1.17. The lowest BCUT2D eigenvalue weighted by Crippen LogP contribution is -2.14. The topological polar surface area (TPSA) is 15.3 Å². The van der Waals surface area contributed by atoms with E-state index in [0.717, 1.165) is 11.4 Å². The van der Waals surface area contributed by atoms with E-state index in [0.29, 0.717) is 0 Å². The summed E-state index contributed by atoms with van der Waals surface area (Å²) in [6, 6.07) is 36.0. The molecule has 0 atom stereocenters. The van der Waals surface area contributed by atoms with E-state index in [-0.39, 0.29) is 0 Å². The number of nitrogens with one attached hydrogen (secondary N) is 1. The van der Waals surface area contributed by atoms with Crippen molar-refractivity contribution < 1.29 is 0 Å². The maximum absolute atomic E-state index is 3.50. The Kier molecular flexibility index (Phi) is 4.07. The average molecular weight is 366 g/mol. The molecule has 1 heterocycles. The second-order valence-electron chi connectivity index (χ2n) is 6.41. The second-order valence-corrected chi connectivity index (χ2v) is 7.50. The van der Waals surface area contributed by atoms with Crippen molar-refractivity contribution in [3.8, 4) is 0 Å². The molecule has 0 amide bonds. The van der Waals surface area contributed by atoms with Gasteiger partial charge in [0, 0.05) is 26.9 Å². The molecule has 0 aliphatic carbocycles. The van der Waals surface area contributed by atoms with E-state index in [4.69, 9.17) is 0 Å². The maximum atomic E-state index is 3.50. The number of fused-ring (bicyclic) bond motifs is 2. The van der Waals surface area contributed by atoms with E-state index < -0.39 is 0 Å². The standard InChI is InChI=1S/C24H18N2S/c1-3-9-18(10-4-1)25-19-15-16-22-24(17-19)27-23-14-8-7-13-21(23)26(22)20-11-5-2-6-12-20/h1-17,25H. The van der Waals surface area contributed by atoms with E-state index in [1.165, 1.54) is 26.9 Å². The fourth-order valence-corrected chi connectivity index (χ4v) is 4.48. The van der Waals surface area contributed by atoms with E-state index in [1.807, 2.05) is 30.0 Å². The maximum Gasteiger partial charge on any atom is 0.0603 e. The van der Waals surface area contributed by atoms with Crippen LogP contribution in [-0.2, 0) is 0 Å². The van der Waals surface area contributed by atoms with Crippen LogP contribution >= 0.6 is 11.8 Å². The summed E-state index contributed by atoms with van der Waals surface area (Å²) in [6.45, 7) is 0. The molecule has 0 unspecified atom stereocenters. The Morgan fingerprint density at radius 2 is 1.22 bits per heavy atom. The number of hydrogen-bond donors (Lipinski definition) is 1. The van der Waals surface area contributed by atoms with Crippen LogP contribution < -0.4 is 10.2 Å². The molecule has 1 N–H and O–H groups in total. The number of benzene rings is 4. The molecule has 0 spiro atoms. The minimum absolute atomic E-state index is 1.10. The summed E-state index contributed by atoms with van der Waals surface area (Å²) in [7, 11) is 0. The van der Waals surface area contributed by atoms with Crippen molar-refractivity contribution >= 4 is 40.2 Å². The molecule has 0 saturated heterocycles. The zero-order valence-corrected chi connectivity index (χ0v) is 15.5. The quantitative estimate of drug-likeness (QED) is 0.359. The molecule has 5 rings (SSSR count). The summed E-state index contributed by atoms with van der Waals surface area (Å²) >= 11 is 1.82. The Hall–Kier alpha value is -3.17. The smallest absolute Gasteiger partial charge is 0.0603 e. The molecule has 4 aromatic rings. The largest absolute Gasteiger partial charge is 0.355 e. The second kappa shape index (κ2) is 6.86. The van der Waals surface area contributed by atoms with Gasteiger partial charge in [0.1, 0.15) is 0 Å². The summed E-state index contributed by atoms with van der Waals surface area (Å²) in [5.74, 6) is 0. The Morgan fingerprint density at radius 1 is 0.556 bits per heavy atom. The number of rotatable bonds is 3. The van der Waals surface area contributed by atoms with Gasteiger partial charge in [-0.05, 0) is 54.6 Å². The highest BCUT2D eigenvalue weighted by Crippen LogP contribution is 2.51. The number of para-hydroxylation sites is 3. The lowest BCUT2D eigenvalue weighted by Gasteiger charge is -2.33. The third-order valence-electron chi connectivity index (χ3n) is 4.60. The summed E-state index contributed by atoms with van der Waals surface area (Å²) in [5.41, 5.74) is 5.81. The monoisotopic (exact) mass is 366 g/mol. The molecule has 0 bridgehead atoms. The lowest BCUT2D eigenvalue weighted by atomic mass is 10.1. The fraction of sp³-hybridized carbons (Fsp3) is 0. The zero-order chi connectivity index (χ0) is 18.1. The Bertz CT molecular complexity index is 1080. The van der Waals surface area contributed by atoms with Gasteiger partial charge in [-0.1, -0.05) is 60.3 Å². The first-order valence-corrected chi connectivity index (χ1v) is 9.78. The van der Waals surface area contributed by atoms with Crippen LogP contribution in [0.15, 0.2) is 113 Å². The van der Waals surface area contributed by atoms with Gasteiger partial charge in [-0.2, -0.15) is 0 Å². The molecule has 0 saturated carbocycles. The molecule has 130 valence electrons. The Labute approximate surface area is 163 Å². The minimum Gasteiger partial charge on any atom is -0.355 e. The molecule has 4 aromatic carbocycles. The van der Waals surface area contributed by atoms with Gasteiger partial charge < -0.3 is 10.2 Å². The summed E-state index contributed by atoms with van der Waals surface area (Å²) in [4.78, 5) is 4.86. The van der Waals surface area contributed by atoms with E-state index in [9.17, 15) is 0 Å². The van der Waals surface area contributed by atoms with E-state index in [1.54, 1.807) is 0 Å². The number of nitrogens with zero attached hydrogens (tertiary/aromatic N) is 1. The highest BCUT2D eigenvalue weighted by atomic mass is 32.2. The van der Waals surface area contributed by atoms with Gasteiger partial charge in [-0.25, -0.2) is 0 Å². The molecular formula is C24H18N2S. The van der Waals surface area contributed by atoms with Crippen molar-refractivity contribution in [2.24, 2.45) is 0 Å². The van der Waals surface area contributed by atoms with Crippen LogP contribution in [0, 0.1) is 0 Å². The van der Waals surface area contributed by atoms with Crippen molar-refractivity contribution in [1.82, 2.24) is 0 Å². The first kappa shape index (κ1) is 16.0. The van der Waals surface area contributed by atoms with Gasteiger partial charge in [-0.15, -0.1) is 0 Å². The van der Waals surface area contributed by atoms with Crippen molar-refractivity contribution in [3.63, 3.8) is 0 Å². The molecule has 3 heteroatoms. The molecule has 1 aliphatic rings. The summed E-state index contributed by atoms with van der Waals surface area (Å²) in [6.07, 6.45) is 0. The van der Waals surface area contributed by atoms with Crippen molar-refractivity contribution in [2.45, 2.75) is 9.79 Å². The molecule has 1 aliphatic heterocycles. The van der Waals surface area contributed by atoms with Crippen LogP contribution in [0.5, 0.6) is 0 Å². The summed E-state index contributed by atoms with van der Waals surface area (Å²) in [5, 5.41) is 3.50. The van der Waals surface area contributed by atoms with Gasteiger partial charge in [-0.3, -0.25) is 0 Å². The highest BCUT2D eigenvalue weighted by molar-refractivity contribution is 7.99. The van der Waals surface area contributed by atoms with Gasteiger partial charge in [0.2, 0.25) is 0 Å². The number of anilines is 5. The fourth-order valence-electron chi connectivity index (χ4n) is 3.38. The molecule has 0 fully saturated rings. The predicted octanol–water partition coefficient (Wildman–Crippen LogP) is 7.36. The van der Waals surface area contributed by atoms with Crippen molar-refractivity contribution in [1.29, 1.82) is 0 Å². The molecule has 2 nitrogen and oxygen atoms in total. The van der Waals surface area contributed by atoms with E-state index in [2.05, 4.69) is 95.1 Å². The van der Waals surface area contributed by atoms with Gasteiger partial charge in [0.05, 0.1) is 11.4 Å². The van der Waals surface area contributed by atoms with Gasteiger partial charge in [0.15, 0.2) is 0 Å². The first-order chi connectivity index (χ1) is 13.4. The van der Waals surface area contributed by atoms with Crippen LogP contribution in [0.2, 0.25) is 0 Å². The van der Waals surface area contributed by atoms with Crippen LogP contribution in [0.3, 0.4) is 0 Å². The Morgan fingerprint density at radius 3 is 2.04 bits per heavy atom. The molecule has 27 heavy (non-hydrogen) atoms. The van der Waals surface area contributed by atoms with Crippen LogP contribution in [0.1, 0.15) is 0 Å². The van der Waals surface area contributed by atoms with Gasteiger partial charge >= 0.3 is 0 Å².